The Morgan fingerprint density at radius 3 is 1.79 bits per heavy atom. The minimum atomic E-state index is -4.29. The molecule has 2 saturated heterocycles. The number of nitrogens with zero attached hydrogens (tertiary/aromatic N) is 4. The van der Waals surface area contributed by atoms with Gasteiger partial charge in [0.2, 0.25) is 43.7 Å². The lowest BCUT2D eigenvalue weighted by molar-refractivity contribution is -0.158. The van der Waals surface area contributed by atoms with Gasteiger partial charge in [-0.3, -0.25) is 19.2 Å². The van der Waals surface area contributed by atoms with Crippen molar-refractivity contribution < 1.29 is 41.1 Å². The number of amides is 4. The zero-order chi connectivity index (χ0) is 49.3. The van der Waals surface area contributed by atoms with Gasteiger partial charge in [0.25, 0.3) is 0 Å². The fourth-order valence-electron chi connectivity index (χ4n) is 9.08. The maximum Gasteiger partial charge on any atom is 0.248 e. The van der Waals surface area contributed by atoms with E-state index in [0.29, 0.717) is 20.8 Å². The third-order valence-electron chi connectivity index (χ3n) is 12.8. The Labute approximate surface area is 411 Å². The third kappa shape index (κ3) is 10.9. The number of aliphatic hydroxyl groups is 1. The fraction of sp³-hybridized carbons (Fsp3) is 0.417. The number of thiophene rings is 1. The molecule has 1 unspecified atom stereocenters. The van der Waals surface area contributed by atoms with Crippen molar-refractivity contribution in [2.45, 2.75) is 112 Å². The molecule has 20 heteroatoms. The first-order valence-corrected chi connectivity index (χ1v) is 27.0. The number of sulfonamides is 2. The Morgan fingerprint density at radius 2 is 1.28 bits per heavy atom. The van der Waals surface area contributed by atoms with Crippen LogP contribution in [0.2, 0.25) is 10.0 Å². The van der Waals surface area contributed by atoms with Crippen molar-refractivity contribution >= 4 is 99.8 Å². The van der Waals surface area contributed by atoms with E-state index in [1.807, 2.05) is 31.4 Å². The molecule has 5 aromatic rings. The topological polar surface area (TPSA) is 194 Å². The summed E-state index contributed by atoms with van der Waals surface area (Å²) >= 11 is 13.7. The van der Waals surface area contributed by atoms with Gasteiger partial charge in [-0.2, -0.15) is 9.44 Å². The van der Waals surface area contributed by atoms with E-state index in [9.17, 15) is 31.5 Å². The molecule has 1 aromatic heterocycles. The van der Waals surface area contributed by atoms with E-state index in [4.69, 9.17) is 23.2 Å². The first-order valence-electron chi connectivity index (χ1n) is 22.4. The number of hydrogen-bond acceptors (Lipinski definition) is 10. The molecule has 0 bridgehead atoms. The lowest BCUT2D eigenvalue weighted by Crippen LogP contribution is -2.64. The molecular formula is C48H56Cl2N6O9S3. The highest BCUT2D eigenvalue weighted by Crippen LogP contribution is 2.36. The van der Waals surface area contributed by atoms with Crippen LogP contribution in [-0.2, 0) is 45.8 Å². The smallest absolute Gasteiger partial charge is 0.248 e. The molecule has 4 amide bonds. The van der Waals surface area contributed by atoms with E-state index < -0.39 is 85.8 Å². The molecule has 3 heterocycles. The number of rotatable bonds is 19. The van der Waals surface area contributed by atoms with Crippen LogP contribution in [0.4, 0.5) is 0 Å². The molecular weight excluding hydrogens is 972 g/mol. The first kappa shape index (κ1) is 51.2. The van der Waals surface area contributed by atoms with Crippen molar-refractivity contribution in [3.05, 3.63) is 105 Å². The highest BCUT2D eigenvalue weighted by Gasteiger charge is 2.54. The Bertz CT molecular complexity index is 2940. The number of likely N-dealkylation sites (tertiary alicyclic amines) is 2. The molecule has 4 aromatic carbocycles. The summed E-state index contributed by atoms with van der Waals surface area (Å²) in [5.74, 6) is -2.49. The van der Waals surface area contributed by atoms with Crippen LogP contribution in [0.5, 0.6) is 0 Å². The van der Waals surface area contributed by atoms with Gasteiger partial charge in [0.1, 0.15) is 23.7 Å². The number of halogens is 2. The molecule has 0 radical (unpaired) electrons. The molecule has 4 atom stereocenters. The predicted molar refractivity (Wildman–Crippen MR) is 264 cm³/mol. The van der Waals surface area contributed by atoms with Gasteiger partial charge in [-0.25, -0.2) is 16.8 Å². The number of carbonyl (C=O) groups is 4. The second kappa shape index (κ2) is 20.7. The van der Waals surface area contributed by atoms with Crippen molar-refractivity contribution in [3.63, 3.8) is 0 Å². The number of hydrogen-bond donors (Lipinski definition) is 3. The van der Waals surface area contributed by atoms with Crippen LogP contribution in [0.25, 0.3) is 21.5 Å². The molecule has 2 aliphatic rings. The standard InChI is InChI=1S/C48H56Cl2N6O9S3/c1-30(2)53(19-7-22-57)46(60)43(54-20-17-41(44(54)58)51-67(62,63)39-15-11-32-24-36(49)13-9-34(32)26-39)28-48(5,47(61)55(31(3)4)29-38-8-6-23-66-38)56-21-18-42(45(56)59)52-68(64,65)40-16-12-33-25-37(50)14-10-35(33)27-40/h6,8-16,23-27,30-31,41-43,51-52,57H,7,17-22,28-29H2,1-5H3/t41-,42-,43?,48-/m0/s1. The van der Waals surface area contributed by atoms with E-state index in [1.54, 1.807) is 74.2 Å². The quantitative estimate of drug-likeness (QED) is 0.0840. The highest BCUT2D eigenvalue weighted by molar-refractivity contribution is 7.89. The molecule has 3 N–H and O–H groups in total. The van der Waals surface area contributed by atoms with Gasteiger partial charge < -0.3 is 24.7 Å². The minimum Gasteiger partial charge on any atom is -0.396 e. The van der Waals surface area contributed by atoms with E-state index >= 15 is 9.59 Å². The van der Waals surface area contributed by atoms with Crippen LogP contribution >= 0.6 is 34.5 Å². The molecule has 2 aliphatic heterocycles. The van der Waals surface area contributed by atoms with Crippen molar-refractivity contribution in [2.75, 3.05) is 26.2 Å². The van der Waals surface area contributed by atoms with Crippen LogP contribution in [0.1, 0.15) is 65.2 Å². The summed E-state index contributed by atoms with van der Waals surface area (Å²) in [6, 6.07) is 18.0. The molecule has 7 rings (SSSR count). The monoisotopic (exact) mass is 1030 g/mol. The average molecular weight is 1030 g/mol. The number of nitrogens with one attached hydrogen (secondary N) is 2. The average Bonchev–Trinajstić information content (AvgIpc) is 4.04. The summed E-state index contributed by atoms with van der Waals surface area (Å²) in [5, 5.41) is 15.4. The van der Waals surface area contributed by atoms with Crippen molar-refractivity contribution in [2.24, 2.45) is 0 Å². The summed E-state index contributed by atoms with van der Waals surface area (Å²) in [6.45, 7) is 8.64. The van der Waals surface area contributed by atoms with E-state index in [1.165, 1.54) is 50.3 Å². The van der Waals surface area contributed by atoms with E-state index in [2.05, 4.69) is 9.44 Å². The van der Waals surface area contributed by atoms with Gasteiger partial charge in [-0.15, -0.1) is 11.3 Å². The van der Waals surface area contributed by atoms with Crippen LogP contribution in [-0.4, -0.2) is 127 Å². The van der Waals surface area contributed by atoms with Crippen LogP contribution in [0.3, 0.4) is 0 Å². The van der Waals surface area contributed by atoms with E-state index in [-0.39, 0.29) is 61.8 Å². The van der Waals surface area contributed by atoms with E-state index in [0.717, 1.165) is 15.6 Å². The van der Waals surface area contributed by atoms with Crippen LogP contribution < -0.4 is 9.44 Å². The minimum absolute atomic E-state index is 0.0151. The second-order valence-corrected chi connectivity index (χ2v) is 23.4. The zero-order valence-electron chi connectivity index (χ0n) is 38.4. The zero-order valence-corrected chi connectivity index (χ0v) is 42.4. The fourth-order valence-corrected chi connectivity index (χ4v) is 12.7. The lowest BCUT2D eigenvalue weighted by Gasteiger charge is -2.45. The number of aliphatic hydroxyl groups excluding tert-OH is 1. The molecule has 68 heavy (non-hydrogen) atoms. The number of carbonyl (C=O) groups excluding carboxylic acids is 4. The van der Waals surface area contributed by atoms with Crippen LogP contribution in [0.15, 0.2) is 100 Å². The van der Waals surface area contributed by atoms with Gasteiger partial charge in [0.05, 0.1) is 16.3 Å². The lowest BCUT2D eigenvalue weighted by atomic mass is 9.87. The van der Waals surface area contributed by atoms with Crippen molar-refractivity contribution in [1.82, 2.24) is 29.0 Å². The number of benzene rings is 4. The van der Waals surface area contributed by atoms with Gasteiger partial charge in [0.15, 0.2) is 0 Å². The summed E-state index contributed by atoms with van der Waals surface area (Å²) in [4.78, 5) is 66.5. The molecule has 0 saturated carbocycles. The maximum atomic E-state index is 15.5. The van der Waals surface area contributed by atoms with Gasteiger partial charge in [-0.1, -0.05) is 53.5 Å². The normalized spacial score (nSPS) is 18.3. The van der Waals surface area contributed by atoms with Gasteiger partial charge in [0, 0.05) is 59.7 Å². The second-order valence-electron chi connectivity index (χ2n) is 18.1. The SMILES string of the molecule is CC(C)N(CCCO)C(=O)C(C[C@@](C)(C(=O)N(Cc1cccs1)C(C)C)N1CC[C@H](NS(=O)(=O)c2ccc3cc(Cl)ccc3c2)C1=O)N1CC[C@H](NS(=O)(=O)c2ccc3cc(Cl)ccc3c2)C1=O. The Kier molecular flexibility index (Phi) is 15.6. The Balaban J connectivity index is 1.24. The molecule has 2 fully saturated rings. The van der Waals surface area contributed by atoms with Gasteiger partial charge in [-0.05, 0) is 135 Å². The Morgan fingerprint density at radius 1 is 0.765 bits per heavy atom. The summed E-state index contributed by atoms with van der Waals surface area (Å²) in [5.41, 5.74) is -1.87. The number of fused-ring (bicyclic) bond motifs is 2. The third-order valence-corrected chi connectivity index (χ3v) is 17.0. The first-order chi connectivity index (χ1) is 32.1. The predicted octanol–water partition coefficient (Wildman–Crippen LogP) is 6.39. The summed E-state index contributed by atoms with van der Waals surface area (Å²) < 4.78 is 60.8. The van der Waals surface area contributed by atoms with Crippen molar-refractivity contribution in [3.8, 4) is 0 Å². The molecule has 0 spiro atoms. The largest absolute Gasteiger partial charge is 0.396 e. The van der Waals surface area contributed by atoms with Crippen molar-refractivity contribution in [1.29, 1.82) is 0 Å². The summed E-state index contributed by atoms with van der Waals surface area (Å²) in [6.07, 6.45) is -0.241. The van der Waals surface area contributed by atoms with Gasteiger partial charge >= 0.3 is 0 Å². The molecule has 364 valence electrons. The Hall–Kier alpha value is -4.66. The van der Waals surface area contributed by atoms with Crippen LogP contribution in [0, 0.1) is 0 Å². The highest BCUT2D eigenvalue weighted by atomic mass is 35.5. The molecule has 15 nitrogen and oxygen atoms in total. The molecule has 0 aliphatic carbocycles. The maximum absolute atomic E-state index is 15.5. The summed E-state index contributed by atoms with van der Waals surface area (Å²) in [7, 11) is -8.58.